The van der Waals surface area contributed by atoms with Crippen molar-refractivity contribution < 1.29 is 0 Å². The van der Waals surface area contributed by atoms with Gasteiger partial charge in [0.15, 0.2) is 5.17 Å². The normalized spacial score (nSPS) is 20.9. The SMILES string of the molecule is CCc1ccc(CNC2=NCC3(CCCC3)CS2)cc1. The summed E-state index contributed by atoms with van der Waals surface area (Å²) in [6.45, 7) is 4.12. The molecule has 0 unspecified atom stereocenters. The number of nitrogens with one attached hydrogen (secondary N) is 1. The second-order valence-electron chi connectivity index (χ2n) is 6.14. The Morgan fingerprint density at radius 1 is 1.15 bits per heavy atom. The quantitative estimate of drug-likeness (QED) is 0.909. The molecule has 2 aliphatic rings. The molecular weight excluding hydrogens is 264 g/mol. The van der Waals surface area contributed by atoms with Gasteiger partial charge in [0, 0.05) is 18.8 Å². The van der Waals surface area contributed by atoms with Gasteiger partial charge >= 0.3 is 0 Å². The molecule has 3 rings (SSSR count). The number of hydrogen-bond donors (Lipinski definition) is 1. The maximum Gasteiger partial charge on any atom is 0.156 e. The first-order valence-electron chi connectivity index (χ1n) is 7.79. The number of aryl methyl sites for hydroxylation is 1. The van der Waals surface area contributed by atoms with Crippen LogP contribution in [0, 0.1) is 5.41 Å². The minimum atomic E-state index is 0.540. The van der Waals surface area contributed by atoms with E-state index < -0.39 is 0 Å². The number of nitrogens with zero attached hydrogens (tertiary/aromatic N) is 1. The predicted molar refractivity (Wildman–Crippen MR) is 88.3 cm³/mol. The zero-order valence-corrected chi connectivity index (χ0v) is 13.1. The Hall–Kier alpha value is -0.960. The first-order chi connectivity index (χ1) is 9.80. The van der Waals surface area contributed by atoms with Gasteiger partial charge in [0.05, 0.1) is 0 Å². The van der Waals surface area contributed by atoms with E-state index in [9.17, 15) is 0 Å². The molecule has 0 radical (unpaired) electrons. The van der Waals surface area contributed by atoms with Crippen molar-refractivity contribution in [3.63, 3.8) is 0 Å². The molecule has 0 bridgehead atoms. The Kier molecular flexibility index (Phi) is 4.35. The van der Waals surface area contributed by atoms with Crippen molar-refractivity contribution in [3.8, 4) is 0 Å². The summed E-state index contributed by atoms with van der Waals surface area (Å²) in [6.07, 6.45) is 6.69. The third-order valence-electron chi connectivity index (χ3n) is 4.61. The molecule has 1 N–H and O–H groups in total. The van der Waals surface area contributed by atoms with Crippen LogP contribution >= 0.6 is 11.8 Å². The van der Waals surface area contributed by atoms with Crippen LogP contribution in [-0.2, 0) is 13.0 Å². The van der Waals surface area contributed by atoms with E-state index in [-0.39, 0.29) is 0 Å². The highest BCUT2D eigenvalue weighted by atomic mass is 32.2. The zero-order chi connectivity index (χ0) is 13.8. The smallest absolute Gasteiger partial charge is 0.156 e. The van der Waals surface area contributed by atoms with Gasteiger partial charge in [-0.1, -0.05) is 55.8 Å². The number of aliphatic imine (C=N–C) groups is 1. The summed E-state index contributed by atoms with van der Waals surface area (Å²) < 4.78 is 0. The van der Waals surface area contributed by atoms with E-state index in [4.69, 9.17) is 4.99 Å². The molecule has 2 nitrogen and oxygen atoms in total. The van der Waals surface area contributed by atoms with Gasteiger partial charge in [-0.05, 0) is 35.8 Å². The topological polar surface area (TPSA) is 24.4 Å². The van der Waals surface area contributed by atoms with E-state index in [1.165, 1.54) is 42.6 Å². The molecule has 1 spiro atoms. The van der Waals surface area contributed by atoms with Crippen LogP contribution in [0.25, 0.3) is 0 Å². The van der Waals surface area contributed by atoms with Crippen molar-refractivity contribution in [3.05, 3.63) is 35.4 Å². The van der Waals surface area contributed by atoms with Gasteiger partial charge < -0.3 is 5.32 Å². The number of benzene rings is 1. The van der Waals surface area contributed by atoms with Gasteiger partial charge in [-0.15, -0.1) is 0 Å². The summed E-state index contributed by atoms with van der Waals surface area (Å²) >= 11 is 1.93. The summed E-state index contributed by atoms with van der Waals surface area (Å²) in [5, 5.41) is 4.64. The third-order valence-corrected chi connectivity index (χ3v) is 5.92. The van der Waals surface area contributed by atoms with Crippen LogP contribution in [0.5, 0.6) is 0 Å². The van der Waals surface area contributed by atoms with Crippen molar-refractivity contribution in [2.24, 2.45) is 10.4 Å². The van der Waals surface area contributed by atoms with Gasteiger partial charge in [-0.25, -0.2) is 0 Å². The van der Waals surface area contributed by atoms with Crippen molar-refractivity contribution in [1.29, 1.82) is 0 Å². The highest BCUT2D eigenvalue weighted by Crippen LogP contribution is 2.43. The Bertz CT molecular complexity index is 472. The largest absolute Gasteiger partial charge is 0.361 e. The van der Waals surface area contributed by atoms with Crippen molar-refractivity contribution in [2.75, 3.05) is 12.3 Å². The van der Waals surface area contributed by atoms with Gasteiger partial charge in [-0.2, -0.15) is 0 Å². The molecule has 1 fully saturated rings. The van der Waals surface area contributed by atoms with Crippen molar-refractivity contribution in [1.82, 2.24) is 5.32 Å². The van der Waals surface area contributed by atoms with Crippen LogP contribution in [0.3, 0.4) is 0 Å². The van der Waals surface area contributed by atoms with Gasteiger partial charge in [0.25, 0.3) is 0 Å². The van der Waals surface area contributed by atoms with E-state index in [1.54, 1.807) is 0 Å². The average Bonchev–Trinajstić information content (AvgIpc) is 2.96. The highest BCUT2D eigenvalue weighted by Gasteiger charge is 2.36. The zero-order valence-electron chi connectivity index (χ0n) is 12.3. The fraction of sp³-hybridized carbons (Fsp3) is 0.588. The van der Waals surface area contributed by atoms with Gasteiger partial charge in [0.2, 0.25) is 0 Å². The third kappa shape index (κ3) is 3.20. The number of rotatable bonds is 3. The molecule has 0 saturated heterocycles. The number of amidine groups is 1. The van der Waals surface area contributed by atoms with E-state index in [0.717, 1.165) is 24.7 Å². The highest BCUT2D eigenvalue weighted by molar-refractivity contribution is 8.13. The minimum absolute atomic E-state index is 0.540. The number of hydrogen-bond acceptors (Lipinski definition) is 3. The van der Waals surface area contributed by atoms with Crippen LogP contribution in [-0.4, -0.2) is 17.5 Å². The Morgan fingerprint density at radius 2 is 1.85 bits per heavy atom. The molecule has 1 aliphatic heterocycles. The summed E-state index contributed by atoms with van der Waals surface area (Å²) in [5.41, 5.74) is 3.28. The lowest BCUT2D eigenvalue weighted by Gasteiger charge is -2.31. The summed E-state index contributed by atoms with van der Waals surface area (Å²) in [7, 11) is 0. The summed E-state index contributed by atoms with van der Waals surface area (Å²) in [4.78, 5) is 4.78. The fourth-order valence-electron chi connectivity index (χ4n) is 3.16. The summed E-state index contributed by atoms with van der Waals surface area (Å²) in [6, 6.07) is 8.89. The van der Waals surface area contributed by atoms with Crippen LogP contribution < -0.4 is 5.32 Å². The van der Waals surface area contributed by atoms with Crippen LogP contribution in [0.15, 0.2) is 29.3 Å². The molecule has 3 heteroatoms. The van der Waals surface area contributed by atoms with Gasteiger partial charge in [0.1, 0.15) is 0 Å². The molecular formula is C17H24N2S. The molecule has 1 aliphatic carbocycles. The van der Waals surface area contributed by atoms with E-state index >= 15 is 0 Å². The first kappa shape index (κ1) is 14.0. The Labute approximate surface area is 126 Å². The maximum absolute atomic E-state index is 4.78. The molecule has 1 heterocycles. The monoisotopic (exact) mass is 288 g/mol. The average molecular weight is 288 g/mol. The molecule has 1 saturated carbocycles. The molecule has 108 valence electrons. The minimum Gasteiger partial charge on any atom is -0.361 e. The lowest BCUT2D eigenvalue weighted by atomic mass is 9.89. The molecule has 1 aromatic rings. The molecule has 1 aromatic carbocycles. The van der Waals surface area contributed by atoms with E-state index in [0.29, 0.717) is 5.41 Å². The standard InChI is InChI=1S/C17H24N2S/c1-2-14-5-7-15(8-6-14)11-18-16-19-12-17(13-20-16)9-3-4-10-17/h5-8H,2-4,9-13H2,1H3,(H,18,19). The lowest BCUT2D eigenvalue weighted by Crippen LogP contribution is -2.33. The van der Waals surface area contributed by atoms with E-state index in [2.05, 4.69) is 36.5 Å². The van der Waals surface area contributed by atoms with Crippen LogP contribution in [0.2, 0.25) is 0 Å². The van der Waals surface area contributed by atoms with Crippen LogP contribution in [0.1, 0.15) is 43.7 Å². The number of thioether (sulfide) groups is 1. The van der Waals surface area contributed by atoms with Crippen LogP contribution in [0.4, 0.5) is 0 Å². The Morgan fingerprint density at radius 3 is 2.45 bits per heavy atom. The fourth-order valence-corrected chi connectivity index (χ4v) is 4.31. The Balaban J connectivity index is 1.52. The van der Waals surface area contributed by atoms with E-state index in [1.807, 2.05) is 11.8 Å². The molecule has 20 heavy (non-hydrogen) atoms. The maximum atomic E-state index is 4.78. The first-order valence-corrected chi connectivity index (χ1v) is 8.77. The summed E-state index contributed by atoms with van der Waals surface area (Å²) in [5.74, 6) is 1.26. The lowest BCUT2D eigenvalue weighted by molar-refractivity contribution is 0.358. The van der Waals surface area contributed by atoms with Gasteiger partial charge in [-0.3, -0.25) is 4.99 Å². The molecule has 0 aromatic heterocycles. The van der Waals surface area contributed by atoms with Crippen molar-refractivity contribution in [2.45, 2.75) is 45.6 Å². The molecule has 0 atom stereocenters. The second-order valence-corrected chi connectivity index (χ2v) is 7.10. The van der Waals surface area contributed by atoms with Crippen molar-refractivity contribution >= 4 is 16.9 Å². The molecule has 0 amide bonds. The second kappa shape index (κ2) is 6.21. The predicted octanol–water partition coefficient (Wildman–Crippen LogP) is 4.00.